The molecule has 2 aromatic rings. The van der Waals surface area contributed by atoms with E-state index in [9.17, 15) is 36.3 Å². The highest BCUT2D eigenvalue weighted by Gasteiger charge is 2.38. The van der Waals surface area contributed by atoms with Crippen molar-refractivity contribution in [2.45, 2.75) is 67.4 Å². The minimum atomic E-state index is -4.85. The molecule has 1 N–H and O–H groups in total. The van der Waals surface area contributed by atoms with Crippen molar-refractivity contribution in [3.05, 3.63) is 57.1 Å². The fourth-order valence-corrected chi connectivity index (χ4v) is 8.22. The van der Waals surface area contributed by atoms with Crippen molar-refractivity contribution < 1.29 is 36.3 Å². The molecule has 2 aliphatic rings. The van der Waals surface area contributed by atoms with E-state index in [0.717, 1.165) is 34.8 Å². The zero-order valence-corrected chi connectivity index (χ0v) is 25.5. The highest BCUT2D eigenvalue weighted by atomic mass is 35.5. The van der Waals surface area contributed by atoms with Gasteiger partial charge in [0.15, 0.2) is 9.84 Å². The molecule has 8 nitrogen and oxygen atoms in total. The number of benzene rings is 2. The number of amides is 2. The van der Waals surface area contributed by atoms with Gasteiger partial charge in [-0.3, -0.25) is 9.69 Å². The second kappa shape index (κ2) is 12.6. The number of hydrogen-bond donors (Lipinski definition) is 1. The molecule has 42 heavy (non-hydrogen) atoms. The molecule has 14 heteroatoms. The number of likely N-dealkylation sites (N-methyl/N-ethyl adjacent to an activating group) is 1. The molecular formula is C28H32Cl2F3N3O5S. The Balaban J connectivity index is 1.67. The maximum absolute atomic E-state index is 14.3. The lowest BCUT2D eigenvalue weighted by molar-refractivity contribution is -0.138. The quantitative estimate of drug-likeness (QED) is 0.364. The first-order chi connectivity index (χ1) is 19.6. The van der Waals surface area contributed by atoms with Crippen molar-refractivity contribution in [1.82, 2.24) is 9.80 Å². The van der Waals surface area contributed by atoms with Gasteiger partial charge in [0.2, 0.25) is 0 Å². The smallest absolute Gasteiger partial charge is 0.416 e. The van der Waals surface area contributed by atoms with E-state index in [0.29, 0.717) is 32.2 Å². The van der Waals surface area contributed by atoms with Crippen LogP contribution < -0.4 is 4.90 Å². The lowest BCUT2D eigenvalue weighted by Crippen LogP contribution is -2.48. The third-order valence-electron chi connectivity index (χ3n) is 8.09. The SMILES string of the molecule is CN(C(=O)c1cc(Cl)c(CN2CCC[C@H](N(C)C(=O)O)C2)c(C(F)(F)F)c1)c1cc(Cl)ccc1S(=O)(=O)C1CCCC1. The van der Waals surface area contributed by atoms with E-state index >= 15 is 0 Å². The summed E-state index contributed by atoms with van der Waals surface area (Å²) in [6.45, 7) is 0.487. The maximum atomic E-state index is 14.3. The summed E-state index contributed by atoms with van der Waals surface area (Å²) in [5.41, 5.74) is -1.72. The number of carboxylic acid groups (broad SMARTS) is 1. The Morgan fingerprint density at radius 2 is 1.71 bits per heavy atom. The van der Waals surface area contributed by atoms with Crippen LogP contribution in [-0.2, 0) is 22.6 Å². The Morgan fingerprint density at radius 3 is 2.33 bits per heavy atom. The van der Waals surface area contributed by atoms with Crippen LogP contribution >= 0.6 is 23.2 Å². The molecule has 4 rings (SSSR count). The van der Waals surface area contributed by atoms with Crippen LogP contribution in [0.4, 0.5) is 23.7 Å². The Bertz CT molecular complexity index is 1470. The van der Waals surface area contributed by atoms with Gasteiger partial charge in [-0.05, 0) is 68.1 Å². The van der Waals surface area contributed by atoms with E-state index in [1.54, 1.807) is 4.90 Å². The molecule has 0 bridgehead atoms. The van der Waals surface area contributed by atoms with E-state index in [4.69, 9.17) is 23.2 Å². The van der Waals surface area contributed by atoms with E-state index in [1.807, 2.05) is 0 Å². The van der Waals surface area contributed by atoms with Gasteiger partial charge in [-0.1, -0.05) is 36.0 Å². The Labute approximate surface area is 252 Å². The largest absolute Gasteiger partial charge is 0.465 e. The molecule has 2 amide bonds. The van der Waals surface area contributed by atoms with E-state index in [2.05, 4.69) is 0 Å². The fraction of sp³-hybridized carbons (Fsp3) is 0.500. The number of anilines is 1. The van der Waals surface area contributed by atoms with Crippen LogP contribution in [0.25, 0.3) is 0 Å². The van der Waals surface area contributed by atoms with Crippen molar-refractivity contribution in [1.29, 1.82) is 0 Å². The van der Waals surface area contributed by atoms with Crippen molar-refractivity contribution in [2.75, 3.05) is 32.1 Å². The summed E-state index contributed by atoms with van der Waals surface area (Å²) in [5.74, 6) is -0.889. The minimum Gasteiger partial charge on any atom is -0.465 e. The summed E-state index contributed by atoms with van der Waals surface area (Å²) in [6, 6.07) is 5.51. The number of alkyl halides is 3. The normalized spacial score (nSPS) is 18.7. The van der Waals surface area contributed by atoms with Gasteiger partial charge in [0.1, 0.15) is 0 Å². The first kappa shape index (κ1) is 32.4. The van der Waals surface area contributed by atoms with Crippen LogP contribution in [0.15, 0.2) is 35.2 Å². The highest BCUT2D eigenvalue weighted by Crippen LogP contribution is 2.39. The van der Waals surface area contributed by atoms with Gasteiger partial charge < -0.3 is 14.9 Å². The first-order valence-corrected chi connectivity index (χ1v) is 15.8. The van der Waals surface area contributed by atoms with E-state index in [1.165, 1.54) is 32.3 Å². The minimum absolute atomic E-state index is 0.0323. The van der Waals surface area contributed by atoms with Crippen molar-refractivity contribution >= 4 is 50.7 Å². The molecule has 0 aromatic heterocycles. The molecule has 2 aromatic carbocycles. The molecule has 0 unspecified atom stereocenters. The average Bonchev–Trinajstić information content (AvgIpc) is 3.48. The highest BCUT2D eigenvalue weighted by molar-refractivity contribution is 7.92. The number of likely N-dealkylation sites (tertiary alicyclic amines) is 1. The van der Waals surface area contributed by atoms with Crippen LogP contribution in [0.3, 0.4) is 0 Å². The third-order valence-corrected chi connectivity index (χ3v) is 11.0. The van der Waals surface area contributed by atoms with E-state index in [-0.39, 0.29) is 50.9 Å². The fourth-order valence-electron chi connectivity index (χ4n) is 5.72. The van der Waals surface area contributed by atoms with Gasteiger partial charge in [-0.2, -0.15) is 13.2 Å². The van der Waals surface area contributed by atoms with Gasteiger partial charge in [0, 0.05) is 48.8 Å². The van der Waals surface area contributed by atoms with Gasteiger partial charge in [0.05, 0.1) is 21.4 Å². The summed E-state index contributed by atoms with van der Waals surface area (Å²) in [6.07, 6.45) is -2.30. The Morgan fingerprint density at radius 1 is 1.05 bits per heavy atom. The topological polar surface area (TPSA) is 98.2 Å². The van der Waals surface area contributed by atoms with Crippen LogP contribution in [0, 0.1) is 0 Å². The standard InChI is InChI=1S/C28H32Cl2F3N3O5S/c1-34(27(38)39)19-6-5-11-36(15-19)16-21-22(28(31,32)33)12-17(13-23(21)30)26(37)35(2)24-14-18(29)9-10-25(24)42(40,41)20-7-3-4-8-20/h9-10,12-14,19-20H,3-8,11,15-16H2,1-2H3,(H,38,39)/t19-/m0/s1. The zero-order chi connectivity index (χ0) is 31.0. The lowest BCUT2D eigenvalue weighted by atomic mass is 9.99. The summed E-state index contributed by atoms with van der Waals surface area (Å²) in [5, 5.41) is 8.58. The first-order valence-electron chi connectivity index (χ1n) is 13.5. The molecule has 1 heterocycles. The van der Waals surface area contributed by atoms with Gasteiger partial charge in [-0.15, -0.1) is 0 Å². The molecule has 1 saturated carbocycles. The molecule has 1 saturated heterocycles. The number of piperidine rings is 1. The summed E-state index contributed by atoms with van der Waals surface area (Å²) < 4.78 is 69.8. The molecule has 230 valence electrons. The Kier molecular flexibility index (Phi) is 9.71. The van der Waals surface area contributed by atoms with Gasteiger partial charge in [0.25, 0.3) is 5.91 Å². The molecule has 2 fully saturated rings. The zero-order valence-electron chi connectivity index (χ0n) is 23.1. The number of hydrogen-bond acceptors (Lipinski definition) is 5. The number of rotatable bonds is 7. The van der Waals surface area contributed by atoms with Gasteiger partial charge in [-0.25, -0.2) is 13.2 Å². The number of sulfone groups is 1. The van der Waals surface area contributed by atoms with Crippen LogP contribution in [0.2, 0.25) is 10.0 Å². The van der Waals surface area contributed by atoms with E-state index < -0.39 is 38.8 Å². The van der Waals surface area contributed by atoms with Crippen LogP contribution in [0.5, 0.6) is 0 Å². The molecule has 0 spiro atoms. The van der Waals surface area contributed by atoms with Gasteiger partial charge >= 0.3 is 12.3 Å². The molecule has 1 aliphatic heterocycles. The summed E-state index contributed by atoms with van der Waals surface area (Å²) in [7, 11) is -1.13. The number of carbonyl (C=O) groups is 2. The molecule has 1 atom stereocenters. The Hall–Kier alpha value is -2.54. The number of halogens is 5. The second-order valence-corrected chi connectivity index (χ2v) is 13.9. The van der Waals surface area contributed by atoms with Crippen molar-refractivity contribution in [3.63, 3.8) is 0 Å². The molecule has 1 aliphatic carbocycles. The maximum Gasteiger partial charge on any atom is 0.416 e. The average molecular weight is 651 g/mol. The van der Waals surface area contributed by atoms with Crippen molar-refractivity contribution in [2.24, 2.45) is 0 Å². The van der Waals surface area contributed by atoms with Crippen molar-refractivity contribution in [3.8, 4) is 0 Å². The predicted molar refractivity (Wildman–Crippen MR) is 154 cm³/mol. The monoisotopic (exact) mass is 649 g/mol. The van der Waals surface area contributed by atoms with Crippen LogP contribution in [-0.4, -0.2) is 73.8 Å². The summed E-state index contributed by atoms with van der Waals surface area (Å²) >= 11 is 12.5. The number of carbonyl (C=O) groups excluding carboxylic acids is 1. The third kappa shape index (κ3) is 6.82. The number of nitrogens with zero attached hydrogens (tertiary/aromatic N) is 3. The predicted octanol–water partition coefficient (Wildman–Crippen LogP) is 6.58. The molecule has 0 radical (unpaired) electrons. The lowest BCUT2D eigenvalue weighted by Gasteiger charge is -2.37. The van der Waals surface area contributed by atoms with Crippen LogP contribution in [0.1, 0.15) is 60.0 Å². The molecular weight excluding hydrogens is 618 g/mol. The second-order valence-electron chi connectivity index (χ2n) is 10.8. The summed E-state index contributed by atoms with van der Waals surface area (Å²) in [4.78, 5) is 28.7.